The first-order chi connectivity index (χ1) is 11.3. The fourth-order valence-electron chi connectivity index (χ4n) is 3.47. The van der Waals surface area contributed by atoms with Gasteiger partial charge in [-0.25, -0.2) is 9.50 Å². The molecule has 1 aliphatic rings. The summed E-state index contributed by atoms with van der Waals surface area (Å²) in [5, 5.41) is 4.36. The first-order valence-electron chi connectivity index (χ1n) is 8.34. The highest BCUT2D eigenvalue weighted by Crippen LogP contribution is 2.33. The van der Waals surface area contributed by atoms with E-state index < -0.39 is 0 Å². The SMILES string of the molecule is COc1ccc2nc(-c3ccc(C4CCCCC4)cc3)cn2n1. The predicted molar refractivity (Wildman–Crippen MR) is 90.8 cm³/mol. The van der Waals surface area contributed by atoms with Gasteiger partial charge in [0.05, 0.1) is 19.0 Å². The Kier molecular flexibility index (Phi) is 3.74. The van der Waals surface area contributed by atoms with Gasteiger partial charge >= 0.3 is 0 Å². The van der Waals surface area contributed by atoms with E-state index in [1.54, 1.807) is 11.6 Å². The summed E-state index contributed by atoms with van der Waals surface area (Å²) in [7, 11) is 1.62. The summed E-state index contributed by atoms with van der Waals surface area (Å²) in [4.78, 5) is 4.65. The fraction of sp³-hybridized carbons (Fsp3) is 0.368. The number of rotatable bonds is 3. The molecule has 0 saturated heterocycles. The van der Waals surface area contributed by atoms with Gasteiger partial charge in [0.15, 0.2) is 5.65 Å². The van der Waals surface area contributed by atoms with Crippen LogP contribution in [-0.2, 0) is 0 Å². The highest BCUT2D eigenvalue weighted by atomic mass is 16.5. The highest BCUT2D eigenvalue weighted by Gasteiger charge is 2.15. The second-order valence-corrected chi connectivity index (χ2v) is 6.26. The first-order valence-corrected chi connectivity index (χ1v) is 8.34. The Morgan fingerprint density at radius 2 is 1.78 bits per heavy atom. The molecule has 0 atom stereocenters. The second kappa shape index (κ2) is 6.03. The Balaban J connectivity index is 1.62. The Morgan fingerprint density at radius 3 is 2.52 bits per heavy atom. The molecule has 2 aromatic heterocycles. The van der Waals surface area contributed by atoms with E-state index in [4.69, 9.17) is 4.74 Å². The molecule has 23 heavy (non-hydrogen) atoms. The number of methoxy groups -OCH3 is 1. The van der Waals surface area contributed by atoms with Crippen molar-refractivity contribution >= 4 is 5.65 Å². The van der Waals surface area contributed by atoms with Crippen molar-refractivity contribution in [1.82, 2.24) is 14.6 Å². The van der Waals surface area contributed by atoms with Gasteiger partial charge in [0.1, 0.15) is 0 Å². The van der Waals surface area contributed by atoms with Gasteiger partial charge in [-0.2, -0.15) is 0 Å². The Morgan fingerprint density at radius 1 is 1.00 bits per heavy atom. The summed E-state index contributed by atoms with van der Waals surface area (Å²) in [6.45, 7) is 0. The van der Waals surface area contributed by atoms with E-state index in [2.05, 4.69) is 34.3 Å². The molecule has 1 fully saturated rings. The number of ether oxygens (including phenoxy) is 1. The molecule has 0 aliphatic heterocycles. The third kappa shape index (κ3) is 2.81. The van der Waals surface area contributed by atoms with Gasteiger partial charge in [0.25, 0.3) is 0 Å². The van der Waals surface area contributed by atoms with Crippen LogP contribution >= 0.6 is 0 Å². The van der Waals surface area contributed by atoms with Crippen LogP contribution in [0.3, 0.4) is 0 Å². The average molecular weight is 307 g/mol. The molecule has 1 saturated carbocycles. The van der Waals surface area contributed by atoms with E-state index in [0.29, 0.717) is 5.88 Å². The lowest BCUT2D eigenvalue weighted by Crippen LogP contribution is -2.04. The molecule has 1 aromatic carbocycles. The molecule has 2 heterocycles. The van der Waals surface area contributed by atoms with Crippen molar-refractivity contribution in [1.29, 1.82) is 0 Å². The molecule has 4 heteroatoms. The van der Waals surface area contributed by atoms with Crippen molar-refractivity contribution in [3.05, 3.63) is 48.2 Å². The molecule has 1 aliphatic carbocycles. The van der Waals surface area contributed by atoms with E-state index in [9.17, 15) is 0 Å². The maximum Gasteiger partial charge on any atom is 0.231 e. The van der Waals surface area contributed by atoms with Crippen LogP contribution < -0.4 is 4.74 Å². The lowest BCUT2D eigenvalue weighted by atomic mass is 9.84. The molecule has 0 bridgehead atoms. The van der Waals surface area contributed by atoms with Crippen molar-refractivity contribution in [2.24, 2.45) is 0 Å². The van der Waals surface area contributed by atoms with Crippen molar-refractivity contribution in [3.8, 4) is 17.1 Å². The minimum Gasteiger partial charge on any atom is -0.480 e. The van der Waals surface area contributed by atoms with Gasteiger partial charge in [-0.15, -0.1) is 5.10 Å². The lowest BCUT2D eigenvalue weighted by Gasteiger charge is -2.21. The van der Waals surface area contributed by atoms with Crippen molar-refractivity contribution in [2.45, 2.75) is 38.0 Å². The zero-order chi connectivity index (χ0) is 15.6. The van der Waals surface area contributed by atoms with Crippen molar-refractivity contribution in [3.63, 3.8) is 0 Å². The number of fused-ring (bicyclic) bond motifs is 1. The summed E-state index contributed by atoms with van der Waals surface area (Å²) >= 11 is 0. The topological polar surface area (TPSA) is 39.4 Å². The molecule has 0 radical (unpaired) electrons. The fourth-order valence-corrected chi connectivity index (χ4v) is 3.47. The number of benzene rings is 1. The number of hydrogen-bond acceptors (Lipinski definition) is 3. The van der Waals surface area contributed by atoms with Crippen LogP contribution in [0.1, 0.15) is 43.6 Å². The summed E-state index contributed by atoms with van der Waals surface area (Å²) in [5.41, 5.74) is 4.38. The Bertz CT molecular complexity index is 801. The van der Waals surface area contributed by atoms with E-state index in [0.717, 1.165) is 22.8 Å². The quantitative estimate of drug-likeness (QED) is 0.717. The summed E-state index contributed by atoms with van der Waals surface area (Å²) in [5.74, 6) is 1.33. The molecule has 0 unspecified atom stereocenters. The Labute approximate surface area is 136 Å². The zero-order valence-electron chi connectivity index (χ0n) is 13.4. The highest BCUT2D eigenvalue weighted by molar-refractivity contribution is 5.62. The molecule has 3 aromatic rings. The minimum atomic E-state index is 0.592. The summed E-state index contributed by atoms with van der Waals surface area (Å²) in [6, 6.07) is 12.7. The largest absolute Gasteiger partial charge is 0.480 e. The predicted octanol–water partition coefficient (Wildman–Crippen LogP) is 4.45. The lowest BCUT2D eigenvalue weighted by molar-refractivity contribution is 0.390. The molecule has 4 rings (SSSR count). The summed E-state index contributed by atoms with van der Waals surface area (Å²) in [6.07, 6.45) is 8.74. The third-order valence-corrected chi connectivity index (χ3v) is 4.79. The molecule has 4 nitrogen and oxygen atoms in total. The van der Waals surface area contributed by atoms with Crippen LogP contribution in [0.5, 0.6) is 5.88 Å². The molecule has 0 amide bonds. The van der Waals surface area contributed by atoms with E-state index in [-0.39, 0.29) is 0 Å². The number of aromatic nitrogens is 3. The third-order valence-electron chi connectivity index (χ3n) is 4.79. The Hall–Kier alpha value is -2.36. The van der Waals surface area contributed by atoms with Crippen molar-refractivity contribution < 1.29 is 4.74 Å². The normalized spacial score (nSPS) is 15.9. The van der Waals surface area contributed by atoms with Gasteiger partial charge in [-0.1, -0.05) is 43.5 Å². The van der Waals surface area contributed by atoms with E-state index in [1.807, 2.05) is 18.3 Å². The van der Waals surface area contributed by atoms with Crippen LogP contribution in [0.4, 0.5) is 0 Å². The number of hydrogen-bond donors (Lipinski definition) is 0. The van der Waals surface area contributed by atoms with Gasteiger partial charge in [-0.05, 0) is 30.4 Å². The van der Waals surface area contributed by atoms with Gasteiger partial charge in [0.2, 0.25) is 5.88 Å². The van der Waals surface area contributed by atoms with Crippen LogP contribution in [0.2, 0.25) is 0 Å². The summed E-state index contributed by atoms with van der Waals surface area (Å²) < 4.78 is 6.93. The second-order valence-electron chi connectivity index (χ2n) is 6.26. The first kappa shape index (κ1) is 14.2. The van der Waals surface area contributed by atoms with E-state index in [1.165, 1.54) is 37.7 Å². The van der Waals surface area contributed by atoms with E-state index >= 15 is 0 Å². The monoisotopic (exact) mass is 307 g/mol. The zero-order valence-corrected chi connectivity index (χ0v) is 13.4. The van der Waals surface area contributed by atoms with Crippen LogP contribution in [-0.4, -0.2) is 21.7 Å². The van der Waals surface area contributed by atoms with Gasteiger partial charge < -0.3 is 4.74 Å². The molecule has 0 N–H and O–H groups in total. The maximum absolute atomic E-state index is 5.16. The van der Waals surface area contributed by atoms with Crippen LogP contribution in [0.25, 0.3) is 16.9 Å². The minimum absolute atomic E-state index is 0.592. The number of nitrogens with zero attached hydrogens (tertiary/aromatic N) is 3. The molecule has 0 spiro atoms. The smallest absolute Gasteiger partial charge is 0.231 e. The standard InChI is InChI=1S/C19H21N3O/c1-23-19-12-11-18-20-17(13-22(18)21-19)16-9-7-15(8-10-16)14-5-3-2-4-6-14/h7-14H,2-6H2,1H3. The molecule has 118 valence electrons. The van der Waals surface area contributed by atoms with Crippen LogP contribution in [0, 0.1) is 0 Å². The number of imidazole rings is 1. The molecular weight excluding hydrogens is 286 g/mol. The van der Waals surface area contributed by atoms with Gasteiger partial charge in [0, 0.05) is 11.6 Å². The van der Waals surface area contributed by atoms with Crippen LogP contribution in [0.15, 0.2) is 42.6 Å². The van der Waals surface area contributed by atoms with Crippen molar-refractivity contribution in [2.75, 3.05) is 7.11 Å². The maximum atomic E-state index is 5.16. The van der Waals surface area contributed by atoms with Gasteiger partial charge in [-0.3, -0.25) is 0 Å². The average Bonchev–Trinajstić information content (AvgIpc) is 3.05. The molecular formula is C19H21N3O.